The van der Waals surface area contributed by atoms with E-state index < -0.39 is 0 Å². The molecule has 0 radical (unpaired) electrons. The number of imidazole rings is 1. The molecule has 0 bridgehead atoms. The zero-order chi connectivity index (χ0) is 20.1. The Morgan fingerprint density at radius 3 is 2.54 bits per heavy atom. The molecular weight excluding hydrogens is 376 g/mol. The summed E-state index contributed by atoms with van der Waals surface area (Å²) in [6, 6.07) is 6.29. The van der Waals surface area contributed by atoms with Crippen molar-refractivity contribution in [1.82, 2.24) is 19.4 Å². The third kappa shape index (κ3) is 4.67. The third-order valence-corrected chi connectivity index (χ3v) is 5.65. The normalized spacial score (nSPS) is 14.2. The molecule has 1 aromatic heterocycles. The fraction of sp³-hybridized carbons (Fsp3) is 0.450. The van der Waals surface area contributed by atoms with E-state index in [9.17, 15) is 9.59 Å². The van der Waals surface area contributed by atoms with Gasteiger partial charge in [0.25, 0.3) is 0 Å². The second-order valence-corrected chi connectivity index (χ2v) is 7.67. The third-order valence-electron chi connectivity index (χ3n) is 4.70. The van der Waals surface area contributed by atoms with Crippen LogP contribution in [0.3, 0.4) is 0 Å². The highest BCUT2D eigenvalue weighted by Gasteiger charge is 2.25. The molecule has 28 heavy (non-hydrogen) atoms. The van der Waals surface area contributed by atoms with Crippen molar-refractivity contribution in [2.75, 3.05) is 38.5 Å². The van der Waals surface area contributed by atoms with E-state index in [-0.39, 0.29) is 12.0 Å². The average molecular weight is 403 g/mol. The molecule has 0 saturated carbocycles. The Kier molecular flexibility index (Phi) is 6.61. The number of ether oxygens (including phenoxy) is 1. The zero-order valence-corrected chi connectivity index (χ0v) is 17.4. The van der Waals surface area contributed by atoms with Gasteiger partial charge in [0.15, 0.2) is 5.16 Å². The first-order chi connectivity index (χ1) is 13.5. The van der Waals surface area contributed by atoms with Crippen LogP contribution in [0.15, 0.2) is 35.7 Å². The zero-order valence-electron chi connectivity index (χ0n) is 16.6. The van der Waals surface area contributed by atoms with E-state index >= 15 is 0 Å². The molecule has 0 unspecified atom stereocenters. The molecule has 3 rings (SSSR count). The topological polar surface area (TPSA) is 67.7 Å². The second-order valence-electron chi connectivity index (χ2n) is 6.73. The van der Waals surface area contributed by atoms with Crippen molar-refractivity contribution in [3.05, 3.63) is 41.7 Å². The van der Waals surface area contributed by atoms with Crippen LogP contribution in [-0.2, 0) is 9.53 Å². The van der Waals surface area contributed by atoms with Gasteiger partial charge in [-0.05, 0) is 32.4 Å². The van der Waals surface area contributed by atoms with Gasteiger partial charge in [0.2, 0.25) is 5.91 Å². The summed E-state index contributed by atoms with van der Waals surface area (Å²) in [4.78, 5) is 32.2. The highest BCUT2D eigenvalue weighted by Crippen LogP contribution is 2.23. The fourth-order valence-electron chi connectivity index (χ4n) is 3.23. The predicted molar refractivity (Wildman–Crippen MR) is 109 cm³/mol. The lowest BCUT2D eigenvalue weighted by atomic mass is 10.1. The fourth-order valence-corrected chi connectivity index (χ4v) is 4.10. The Morgan fingerprint density at radius 2 is 1.86 bits per heavy atom. The number of nitrogens with zero attached hydrogens (tertiary/aromatic N) is 4. The monoisotopic (exact) mass is 402 g/mol. The van der Waals surface area contributed by atoms with Crippen LogP contribution >= 0.6 is 11.8 Å². The van der Waals surface area contributed by atoms with E-state index in [1.165, 1.54) is 22.9 Å². The Balaban J connectivity index is 1.56. The van der Waals surface area contributed by atoms with Crippen LogP contribution in [0.2, 0.25) is 0 Å². The number of benzene rings is 1. The van der Waals surface area contributed by atoms with Crippen LogP contribution in [0.5, 0.6) is 0 Å². The van der Waals surface area contributed by atoms with E-state index in [2.05, 4.69) is 37.0 Å². The Hall–Kier alpha value is -2.48. The molecule has 7 nitrogen and oxygen atoms in total. The number of carbonyl (C=O) groups is 2. The molecule has 1 aromatic carbocycles. The molecular formula is C20H26N4O3S. The smallest absolute Gasteiger partial charge is 0.409 e. The molecule has 0 atom stereocenters. The minimum absolute atomic E-state index is 0.0590. The molecule has 1 aliphatic heterocycles. The minimum atomic E-state index is -0.306. The van der Waals surface area contributed by atoms with Crippen molar-refractivity contribution in [3.8, 4) is 5.69 Å². The van der Waals surface area contributed by atoms with Crippen molar-refractivity contribution in [1.29, 1.82) is 0 Å². The molecule has 1 aliphatic rings. The summed E-state index contributed by atoms with van der Waals surface area (Å²) in [6.07, 6.45) is 3.37. The van der Waals surface area contributed by atoms with Crippen molar-refractivity contribution >= 4 is 23.8 Å². The molecule has 0 spiro atoms. The number of hydrogen-bond acceptors (Lipinski definition) is 5. The van der Waals surface area contributed by atoms with Crippen molar-refractivity contribution < 1.29 is 14.3 Å². The number of aryl methyl sites for hydroxylation is 2. The Bertz CT molecular complexity index is 844. The summed E-state index contributed by atoms with van der Waals surface area (Å²) in [6.45, 7) is 8.37. The summed E-state index contributed by atoms with van der Waals surface area (Å²) in [5, 5.41) is 0.797. The molecule has 2 aromatic rings. The number of hydrogen-bond donors (Lipinski definition) is 0. The van der Waals surface area contributed by atoms with Crippen LogP contribution in [-0.4, -0.2) is 69.9 Å². The number of thioether (sulfide) groups is 1. The van der Waals surface area contributed by atoms with E-state index in [0.29, 0.717) is 38.5 Å². The van der Waals surface area contributed by atoms with Gasteiger partial charge in [0, 0.05) is 38.6 Å². The Labute approximate surface area is 169 Å². The molecule has 1 fully saturated rings. The first kappa shape index (κ1) is 20.3. The quantitative estimate of drug-likeness (QED) is 0.720. The average Bonchev–Trinajstić information content (AvgIpc) is 3.14. The largest absolute Gasteiger partial charge is 0.450 e. The number of carbonyl (C=O) groups excluding carboxylic acids is 2. The summed E-state index contributed by atoms with van der Waals surface area (Å²) >= 11 is 1.43. The van der Waals surface area contributed by atoms with E-state index in [1.54, 1.807) is 22.9 Å². The number of piperazine rings is 1. The highest BCUT2D eigenvalue weighted by molar-refractivity contribution is 7.99. The van der Waals surface area contributed by atoms with Crippen LogP contribution in [0.25, 0.3) is 5.69 Å². The number of aromatic nitrogens is 2. The maximum absolute atomic E-state index is 12.6. The van der Waals surface area contributed by atoms with Crippen LogP contribution < -0.4 is 0 Å². The van der Waals surface area contributed by atoms with Gasteiger partial charge in [0.05, 0.1) is 18.0 Å². The predicted octanol–water partition coefficient (Wildman–Crippen LogP) is 2.88. The van der Waals surface area contributed by atoms with Gasteiger partial charge >= 0.3 is 6.09 Å². The lowest BCUT2D eigenvalue weighted by Gasteiger charge is -2.34. The second kappa shape index (κ2) is 9.14. The van der Waals surface area contributed by atoms with Gasteiger partial charge in [-0.15, -0.1) is 0 Å². The molecule has 2 amide bonds. The van der Waals surface area contributed by atoms with Crippen molar-refractivity contribution in [2.45, 2.75) is 25.9 Å². The molecule has 8 heteroatoms. The Morgan fingerprint density at radius 1 is 1.14 bits per heavy atom. The van der Waals surface area contributed by atoms with E-state index in [0.717, 1.165) is 10.8 Å². The molecule has 0 aliphatic carbocycles. The van der Waals surface area contributed by atoms with Crippen molar-refractivity contribution in [3.63, 3.8) is 0 Å². The van der Waals surface area contributed by atoms with Gasteiger partial charge in [-0.25, -0.2) is 9.78 Å². The molecule has 0 N–H and O–H groups in total. The van der Waals surface area contributed by atoms with Crippen LogP contribution in [0.1, 0.15) is 18.1 Å². The van der Waals surface area contributed by atoms with Gasteiger partial charge < -0.3 is 14.5 Å². The first-order valence-electron chi connectivity index (χ1n) is 9.43. The summed E-state index contributed by atoms with van der Waals surface area (Å²) < 4.78 is 7.03. The van der Waals surface area contributed by atoms with Gasteiger partial charge in [-0.2, -0.15) is 0 Å². The standard InChI is InChI=1S/C20H26N4O3S/c1-4-27-20(26)23-11-9-22(10-12-23)18(25)14-28-19-21-7-8-24(19)17-6-5-15(2)13-16(17)3/h5-8,13H,4,9-12,14H2,1-3H3. The van der Waals surface area contributed by atoms with Crippen molar-refractivity contribution in [2.24, 2.45) is 0 Å². The summed E-state index contributed by atoms with van der Waals surface area (Å²) in [5.41, 5.74) is 3.45. The molecule has 150 valence electrons. The number of amides is 2. The SMILES string of the molecule is CCOC(=O)N1CCN(C(=O)CSc2nccn2-c2ccc(C)cc2C)CC1. The number of rotatable bonds is 5. The van der Waals surface area contributed by atoms with Crippen LogP contribution in [0.4, 0.5) is 4.79 Å². The van der Waals surface area contributed by atoms with Crippen LogP contribution in [0, 0.1) is 13.8 Å². The maximum Gasteiger partial charge on any atom is 0.409 e. The van der Waals surface area contributed by atoms with Gasteiger partial charge in [0.1, 0.15) is 0 Å². The lowest BCUT2D eigenvalue weighted by Crippen LogP contribution is -2.51. The van der Waals surface area contributed by atoms with Gasteiger partial charge in [-0.3, -0.25) is 9.36 Å². The maximum atomic E-state index is 12.6. The first-order valence-corrected chi connectivity index (χ1v) is 10.4. The van der Waals surface area contributed by atoms with E-state index in [4.69, 9.17) is 4.74 Å². The lowest BCUT2D eigenvalue weighted by molar-refractivity contribution is -0.129. The molecule has 2 heterocycles. The van der Waals surface area contributed by atoms with Gasteiger partial charge in [-0.1, -0.05) is 29.5 Å². The van der Waals surface area contributed by atoms with E-state index in [1.807, 2.05) is 10.8 Å². The summed E-state index contributed by atoms with van der Waals surface area (Å²) in [5.74, 6) is 0.380. The summed E-state index contributed by atoms with van der Waals surface area (Å²) in [7, 11) is 0. The highest BCUT2D eigenvalue weighted by atomic mass is 32.2. The minimum Gasteiger partial charge on any atom is -0.450 e. The molecule has 1 saturated heterocycles.